The molecule has 0 saturated heterocycles. The monoisotopic (exact) mass is 195 g/mol. The van der Waals surface area contributed by atoms with Crippen LogP contribution in [0.25, 0.3) is 0 Å². The van der Waals surface area contributed by atoms with Gasteiger partial charge in [0.05, 0.1) is 17.9 Å². The van der Waals surface area contributed by atoms with Crippen LogP contribution in [0.4, 0.5) is 5.69 Å². The summed E-state index contributed by atoms with van der Waals surface area (Å²) < 4.78 is 0. The van der Waals surface area contributed by atoms with Gasteiger partial charge >= 0.3 is 5.97 Å². The average Bonchev–Trinajstić information content (AvgIpc) is 2.18. The van der Waals surface area contributed by atoms with Crippen molar-refractivity contribution in [1.82, 2.24) is 0 Å². The van der Waals surface area contributed by atoms with Gasteiger partial charge in [0.1, 0.15) is 0 Å². The zero-order valence-corrected chi connectivity index (χ0v) is 8.23. The molecule has 0 atom stereocenters. The van der Waals surface area contributed by atoms with Crippen molar-refractivity contribution in [2.24, 2.45) is 0 Å². The molecule has 0 radical (unpaired) electrons. The van der Waals surface area contributed by atoms with E-state index in [9.17, 15) is 4.79 Å². The number of nitrogens with zero attached hydrogens (tertiary/aromatic N) is 1. The van der Waals surface area contributed by atoms with Crippen LogP contribution in [-0.4, -0.2) is 24.7 Å². The van der Waals surface area contributed by atoms with Gasteiger partial charge in [-0.3, -0.25) is 9.90 Å². The van der Waals surface area contributed by atoms with E-state index in [1.165, 1.54) is 0 Å². The first kappa shape index (κ1) is 10.5. The molecule has 76 valence electrons. The van der Waals surface area contributed by atoms with Crippen LogP contribution in [0.2, 0.25) is 0 Å². The first-order chi connectivity index (χ1) is 6.65. The summed E-state index contributed by atoms with van der Waals surface area (Å²) >= 11 is 0. The first-order valence-corrected chi connectivity index (χ1v) is 4.35. The second-order valence-electron chi connectivity index (χ2n) is 2.77. The van der Waals surface area contributed by atoms with Gasteiger partial charge in [0.25, 0.3) is 0 Å². The molecule has 0 aliphatic rings. The Morgan fingerprint density at radius 3 is 2.43 bits per heavy atom. The zero-order valence-electron chi connectivity index (χ0n) is 8.23. The number of hydrogen-bond donors (Lipinski definition) is 1. The van der Waals surface area contributed by atoms with Gasteiger partial charge in [-0.2, -0.15) is 0 Å². The molecule has 4 heteroatoms. The van der Waals surface area contributed by atoms with Gasteiger partial charge in [0.2, 0.25) is 0 Å². The molecule has 0 aromatic heterocycles. The van der Waals surface area contributed by atoms with Crippen LogP contribution < -0.4 is 5.06 Å². The number of aromatic carboxylic acids is 1. The minimum absolute atomic E-state index is 0.277. The molecule has 1 rings (SSSR count). The molecular weight excluding hydrogens is 182 g/mol. The number of hydroxylamine groups is 1. The number of anilines is 1. The Morgan fingerprint density at radius 2 is 2.00 bits per heavy atom. The van der Waals surface area contributed by atoms with Gasteiger partial charge in [0, 0.05) is 7.05 Å². The fourth-order valence-corrected chi connectivity index (χ4v) is 1.08. The predicted octanol–water partition coefficient (Wildman–Crippen LogP) is 1.77. The summed E-state index contributed by atoms with van der Waals surface area (Å²) in [5.41, 5.74) is 1.11. The van der Waals surface area contributed by atoms with E-state index in [-0.39, 0.29) is 5.56 Å². The lowest BCUT2D eigenvalue weighted by molar-refractivity contribution is 0.0696. The number of hydrogen-bond acceptors (Lipinski definition) is 3. The molecule has 0 spiro atoms. The lowest BCUT2D eigenvalue weighted by Gasteiger charge is -2.17. The smallest absolute Gasteiger partial charge is 0.335 e. The van der Waals surface area contributed by atoms with Crippen LogP contribution in [-0.2, 0) is 4.84 Å². The summed E-state index contributed by atoms with van der Waals surface area (Å²) in [4.78, 5) is 15.8. The van der Waals surface area contributed by atoms with Crippen LogP contribution in [0.1, 0.15) is 17.3 Å². The molecule has 0 bridgehead atoms. The molecule has 4 nitrogen and oxygen atoms in total. The summed E-state index contributed by atoms with van der Waals surface area (Å²) in [6.45, 7) is 2.47. The van der Waals surface area contributed by atoms with Crippen molar-refractivity contribution in [2.75, 3.05) is 18.7 Å². The summed E-state index contributed by atoms with van der Waals surface area (Å²) in [7, 11) is 1.78. The number of benzene rings is 1. The van der Waals surface area contributed by atoms with Gasteiger partial charge in [-0.25, -0.2) is 4.79 Å². The maximum Gasteiger partial charge on any atom is 0.335 e. The Labute approximate surface area is 82.7 Å². The van der Waals surface area contributed by atoms with E-state index in [2.05, 4.69) is 0 Å². The molecule has 1 aromatic rings. The third-order valence-corrected chi connectivity index (χ3v) is 1.80. The number of carboxylic acid groups (broad SMARTS) is 1. The number of rotatable bonds is 4. The molecule has 0 amide bonds. The standard InChI is InChI=1S/C10H13NO3/c1-3-14-11(2)9-6-4-8(5-7-9)10(12)13/h4-7H,3H2,1-2H3,(H,12,13). The van der Waals surface area contributed by atoms with E-state index in [1.54, 1.807) is 36.4 Å². The van der Waals surface area contributed by atoms with Crippen LogP contribution in [0.3, 0.4) is 0 Å². The van der Waals surface area contributed by atoms with Crippen molar-refractivity contribution in [2.45, 2.75) is 6.92 Å². The lowest BCUT2D eigenvalue weighted by Crippen LogP contribution is -2.17. The van der Waals surface area contributed by atoms with E-state index in [1.807, 2.05) is 6.92 Å². The Hall–Kier alpha value is -1.55. The topological polar surface area (TPSA) is 49.8 Å². The van der Waals surface area contributed by atoms with Crippen LogP contribution in [0.15, 0.2) is 24.3 Å². The summed E-state index contributed by atoms with van der Waals surface area (Å²) in [5.74, 6) is -0.921. The normalized spacial score (nSPS) is 9.86. The number of carboxylic acids is 1. The van der Waals surface area contributed by atoms with E-state index in [0.29, 0.717) is 6.61 Å². The van der Waals surface area contributed by atoms with Gasteiger partial charge in [-0.05, 0) is 31.2 Å². The third kappa shape index (κ3) is 2.47. The molecule has 1 aromatic carbocycles. The molecule has 0 saturated carbocycles. The molecule has 0 fully saturated rings. The number of carbonyl (C=O) groups is 1. The van der Waals surface area contributed by atoms with E-state index in [4.69, 9.17) is 9.94 Å². The average molecular weight is 195 g/mol. The lowest BCUT2D eigenvalue weighted by atomic mass is 10.2. The summed E-state index contributed by atoms with van der Waals surface area (Å²) in [6, 6.07) is 6.51. The van der Waals surface area contributed by atoms with E-state index < -0.39 is 5.97 Å². The maximum absolute atomic E-state index is 10.6. The summed E-state index contributed by atoms with van der Waals surface area (Å²) in [6.07, 6.45) is 0. The summed E-state index contributed by atoms with van der Waals surface area (Å²) in [5, 5.41) is 10.3. The van der Waals surface area contributed by atoms with Crippen molar-refractivity contribution in [3.8, 4) is 0 Å². The van der Waals surface area contributed by atoms with Gasteiger partial charge in [-0.1, -0.05) is 0 Å². The van der Waals surface area contributed by atoms with Crippen molar-refractivity contribution in [3.05, 3.63) is 29.8 Å². The van der Waals surface area contributed by atoms with Crippen molar-refractivity contribution >= 4 is 11.7 Å². The highest BCUT2D eigenvalue weighted by molar-refractivity contribution is 5.87. The fraction of sp³-hybridized carbons (Fsp3) is 0.300. The van der Waals surface area contributed by atoms with Crippen molar-refractivity contribution in [3.63, 3.8) is 0 Å². The van der Waals surface area contributed by atoms with E-state index >= 15 is 0 Å². The van der Waals surface area contributed by atoms with Gasteiger partial charge in [0.15, 0.2) is 0 Å². The minimum atomic E-state index is -0.921. The quantitative estimate of drug-likeness (QED) is 0.744. The highest BCUT2D eigenvalue weighted by atomic mass is 16.7. The largest absolute Gasteiger partial charge is 0.478 e. The van der Waals surface area contributed by atoms with Crippen LogP contribution >= 0.6 is 0 Å². The first-order valence-electron chi connectivity index (χ1n) is 4.35. The second kappa shape index (κ2) is 4.62. The Kier molecular flexibility index (Phi) is 3.48. The van der Waals surface area contributed by atoms with Gasteiger partial charge < -0.3 is 5.11 Å². The molecule has 1 N–H and O–H groups in total. The van der Waals surface area contributed by atoms with Crippen molar-refractivity contribution in [1.29, 1.82) is 0 Å². The Bertz CT molecular complexity index is 308. The molecule has 14 heavy (non-hydrogen) atoms. The Morgan fingerprint density at radius 1 is 1.43 bits per heavy atom. The predicted molar refractivity (Wildman–Crippen MR) is 53.4 cm³/mol. The highest BCUT2D eigenvalue weighted by Gasteiger charge is 2.03. The van der Waals surface area contributed by atoms with Crippen LogP contribution in [0, 0.1) is 0 Å². The molecule has 0 aliphatic carbocycles. The van der Waals surface area contributed by atoms with E-state index in [0.717, 1.165) is 5.69 Å². The molecular formula is C10H13NO3. The van der Waals surface area contributed by atoms with Crippen LogP contribution in [0.5, 0.6) is 0 Å². The fourth-order valence-electron chi connectivity index (χ4n) is 1.08. The molecule has 0 aliphatic heterocycles. The zero-order chi connectivity index (χ0) is 10.6. The SMILES string of the molecule is CCON(C)c1ccc(C(=O)O)cc1. The Balaban J connectivity index is 2.77. The van der Waals surface area contributed by atoms with Gasteiger partial charge in [-0.15, -0.1) is 0 Å². The third-order valence-electron chi connectivity index (χ3n) is 1.80. The van der Waals surface area contributed by atoms with Crippen molar-refractivity contribution < 1.29 is 14.7 Å². The molecule has 0 unspecified atom stereocenters. The maximum atomic E-state index is 10.6. The second-order valence-corrected chi connectivity index (χ2v) is 2.77. The minimum Gasteiger partial charge on any atom is -0.478 e. The molecule has 0 heterocycles. The highest BCUT2D eigenvalue weighted by Crippen LogP contribution is 2.13.